The Morgan fingerprint density at radius 1 is 0.292 bits per heavy atom. The molecule has 0 fully saturated rings. The van der Waals surface area contributed by atoms with Crippen LogP contribution in [-0.2, 0) is 0 Å². The number of rotatable bonds is 4. The Kier molecular flexibility index (Phi) is 5.91. The zero-order chi connectivity index (χ0) is 31.6. The number of pyridine rings is 2. The Labute approximate surface area is 278 Å². The van der Waals surface area contributed by atoms with Crippen LogP contribution >= 0.6 is 0 Å². The first-order valence-electron chi connectivity index (χ1n) is 16.4. The van der Waals surface area contributed by atoms with Gasteiger partial charge in [-0.15, -0.1) is 0 Å². The van der Waals surface area contributed by atoms with Crippen LogP contribution in [0.25, 0.3) is 99.6 Å². The molecule has 0 aliphatic heterocycles. The lowest BCUT2D eigenvalue weighted by Gasteiger charge is -2.11. The third-order valence-corrected chi connectivity index (χ3v) is 9.82. The minimum atomic E-state index is 0.922. The monoisotopic (exact) mass is 608 g/mol. The molecule has 0 bridgehead atoms. The van der Waals surface area contributed by atoms with E-state index in [4.69, 9.17) is 9.97 Å². The van der Waals surface area contributed by atoms with Crippen molar-refractivity contribution in [2.75, 3.05) is 0 Å². The molecule has 10 rings (SSSR count). The summed E-state index contributed by atoms with van der Waals surface area (Å²) in [7, 11) is 0. The van der Waals surface area contributed by atoms with Crippen molar-refractivity contribution in [3.8, 4) is 67.0 Å². The van der Waals surface area contributed by atoms with Gasteiger partial charge >= 0.3 is 0 Å². The van der Waals surface area contributed by atoms with Crippen molar-refractivity contribution in [3.63, 3.8) is 0 Å². The number of benzene rings is 7. The van der Waals surface area contributed by atoms with Crippen molar-refractivity contribution in [2.24, 2.45) is 0 Å². The molecule has 2 heterocycles. The predicted octanol–water partition coefficient (Wildman–Crippen LogP) is 12.3. The molecule has 0 radical (unpaired) electrons. The van der Waals surface area contributed by atoms with Crippen molar-refractivity contribution >= 4 is 32.6 Å². The highest BCUT2D eigenvalue weighted by Gasteiger charge is 2.22. The molecule has 48 heavy (non-hydrogen) atoms. The summed E-state index contributed by atoms with van der Waals surface area (Å²) in [6, 6.07) is 60.8. The van der Waals surface area contributed by atoms with Gasteiger partial charge in [0.15, 0.2) is 0 Å². The lowest BCUT2D eigenvalue weighted by Crippen LogP contribution is -1.91. The third kappa shape index (κ3) is 4.20. The maximum Gasteiger partial charge on any atom is 0.0972 e. The van der Waals surface area contributed by atoms with Crippen LogP contribution in [0.2, 0.25) is 0 Å². The van der Waals surface area contributed by atoms with E-state index >= 15 is 0 Å². The van der Waals surface area contributed by atoms with Gasteiger partial charge in [-0.3, -0.25) is 0 Å². The number of hydrogen-bond donors (Lipinski definition) is 0. The second kappa shape index (κ2) is 10.6. The first-order chi connectivity index (χ1) is 23.8. The third-order valence-electron chi connectivity index (χ3n) is 9.82. The highest BCUT2D eigenvalue weighted by atomic mass is 14.8. The van der Waals surface area contributed by atoms with Crippen molar-refractivity contribution in [1.82, 2.24) is 9.97 Å². The highest BCUT2D eigenvalue weighted by molar-refractivity contribution is 6.18. The maximum atomic E-state index is 5.20. The van der Waals surface area contributed by atoms with E-state index in [-0.39, 0.29) is 0 Å². The van der Waals surface area contributed by atoms with Gasteiger partial charge in [0.2, 0.25) is 0 Å². The molecule has 0 N–H and O–H groups in total. The fourth-order valence-corrected chi connectivity index (χ4v) is 7.46. The number of nitrogens with zero attached hydrogens (tertiary/aromatic N) is 2. The number of aromatic nitrogens is 2. The molecule has 0 unspecified atom stereocenters. The largest absolute Gasteiger partial charge is 0.245 e. The van der Waals surface area contributed by atoms with Crippen molar-refractivity contribution in [1.29, 1.82) is 0 Å². The molecule has 0 atom stereocenters. The van der Waals surface area contributed by atoms with Gasteiger partial charge in [0.1, 0.15) is 0 Å². The minimum Gasteiger partial charge on any atom is -0.245 e. The summed E-state index contributed by atoms with van der Waals surface area (Å²) in [6.45, 7) is 0. The van der Waals surface area contributed by atoms with E-state index in [0.717, 1.165) is 44.3 Å². The van der Waals surface area contributed by atoms with Gasteiger partial charge in [0, 0.05) is 21.9 Å². The van der Waals surface area contributed by atoms with Gasteiger partial charge in [-0.2, -0.15) is 0 Å². The second-order valence-corrected chi connectivity index (χ2v) is 12.6. The van der Waals surface area contributed by atoms with Crippen LogP contribution in [0, 0.1) is 0 Å². The van der Waals surface area contributed by atoms with E-state index in [2.05, 4.69) is 152 Å². The van der Waals surface area contributed by atoms with E-state index in [1.54, 1.807) is 0 Å². The second-order valence-electron chi connectivity index (χ2n) is 12.6. The zero-order valence-electron chi connectivity index (χ0n) is 26.1. The fourth-order valence-electron chi connectivity index (χ4n) is 7.46. The van der Waals surface area contributed by atoms with Crippen LogP contribution in [0.4, 0.5) is 0 Å². The standard InChI is InChI=1S/C46H28N2/c1-2-8-31(9-3-1)42-26-22-32-20-21-33-23-27-43(48-46(33)45(32)47-42)35-11-6-10-34(28-35)29-16-18-30(19-17-29)36-24-25-41-38-13-5-4-12-37(38)40-15-7-14-39(36)44(40)41/h1-28H. The zero-order valence-corrected chi connectivity index (χ0v) is 26.1. The number of hydrogen-bond acceptors (Lipinski definition) is 2. The molecule has 1 aliphatic carbocycles. The highest BCUT2D eigenvalue weighted by Crippen LogP contribution is 2.49. The number of fused-ring (bicyclic) bond motifs is 6. The van der Waals surface area contributed by atoms with Gasteiger partial charge in [-0.25, -0.2) is 9.97 Å². The van der Waals surface area contributed by atoms with Crippen molar-refractivity contribution < 1.29 is 0 Å². The quantitative estimate of drug-likeness (QED) is 0.186. The summed E-state index contributed by atoms with van der Waals surface area (Å²) < 4.78 is 0. The summed E-state index contributed by atoms with van der Waals surface area (Å²) in [6.07, 6.45) is 0. The average Bonchev–Trinajstić information content (AvgIpc) is 3.50. The summed E-state index contributed by atoms with van der Waals surface area (Å²) in [5, 5.41) is 4.83. The summed E-state index contributed by atoms with van der Waals surface area (Å²) in [5.41, 5.74) is 16.1. The molecule has 2 nitrogen and oxygen atoms in total. The predicted molar refractivity (Wildman–Crippen MR) is 201 cm³/mol. The Hall–Kier alpha value is -6.38. The van der Waals surface area contributed by atoms with Gasteiger partial charge < -0.3 is 0 Å². The Morgan fingerprint density at radius 3 is 1.54 bits per heavy atom. The van der Waals surface area contributed by atoms with E-state index in [1.165, 1.54) is 55.3 Å². The molecule has 7 aromatic carbocycles. The van der Waals surface area contributed by atoms with Crippen LogP contribution < -0.4 is 0 Å². The maximum absolute atomic E-state index is 5.20. The summed E-state index contributed by atoms with van der Waals surface area (Å²) in [4.78, 5) is 10.3. The normalized spacial score (nSPS) is 11.8. The smallest absolute Gasteiger partial charge is 0.0972 e. The molecule has 0 amide bonds. The Morgan fingerprint density at radius 2 is 0.812 bits per heavy atom. The van der Waals surface area contributed by atoms with E-state index in [0.29, 0.717) is 0 Å². The van der Waals surface area contributed by atoms with Crippen molar-refractivity contribution in [2.45, 2.75) is 0 Å². The van der Waals surface area contributed by atoms with Crippen LogP contribution in [0.1, 0.15) is 0 Å². The minimum absolute atomic E-state index is 0.922. The first-order valence-corrected chi connectivity index (χ1v) is 16.4. The molecule has 0 saturated carbocycles. The molecular formula is C46H28N2. The fraction of sp³-hybridized carbons (Fsp3) is 0. The van der Waals surface area contributed by atoms with E-state index in [1.807, 2.05) is 18.2 Å². The van der Waals surface area contributed by atoms with E-state index in [9.17, 15) is 0 Å². The molecular weight excluding hydrogens is 581 g/mol. The Balaban J connectivity index is 1.01. The molecule has 222 valence electrons. The van der Waals surface area contributed by atoms with Crippen LogP contribution in [0.5, 0.6) is 0 Å². The molecule has 0 saturated heterocycles. The van der Waals surface area contributed by atoms with Gasteiger partial charge in [0.05, 0.1) is 22.4 Å². The average molecular weight is 609 g/mol. The first kappa shape index (κ1) is 26.8. The molecule has 9 aromatic rings. The van der Waals surface area contributed by atoms with Crippen LogP contribution in [0.15, 0.2) is 170 Å². The molecule has 2 aromatic heterocycles. The van der Waals surface area contributed by atoms with Crippen LogP contribution in [0.3, 0.4) is 0 Å². The molecule has 2 heteroatoms. The SMILES string of the molecule is c1ccc(-c2ccc3ccc4ccc(-c5cccc(-c6ccc(-c7ccc8c9c(cccc79)-c7ccccc7-8)cc6)c5)nc4c3n2)cc1. The van der Waals surface area contributed by atoms with Crippen molar-refractivity contribution in [3.05, 3.63) is 170 Å². The molecule has 0 spiro atoms. The lowest BCUT2D eigenvalue weighted by molar-refractivity contribution is 1.36. The summed E-state index contributed by atoms with van der Waals surface area (Å²) in [5.74, 6) is 0. The van der Waals surface area contributed by atoms with Gasteiger partial charge in [0.25, 0.3) is 0 Å². The molecule has 1 aliphatic rings. The van der Waals surface area contributed by atoms with Crippen LogP contribution in [-0.4, -0.2) is 9.97 Å². The lowest BCUT2D eigenvalue weighted by atomic mass is 9.93. The van der Waals surface area contributed by atoms with E-state index < -0.39 is 0 Å². The Bertz CT molecular complexity index is 2680. The summed E-state index contributed by atoms with van der Waals surface area (Å²) >= 11 is 0. The van der Waals surface area contributed by atoms with Gasteiger partial charge in [-0.1, -0.05) is 152 Å². The topological polar surface area (TPSA) is 25.8 Å². The van der Waals surface area contributed by atoms with Gasteiger partial charge in [-0.05, 0) is 73.5 Å².